The molecule has 0 fully saturated rings. The summed E-state index contributed by atoms with van der Waals surface area (Å²) in [7, 11) is 0. The number of aromatic amines is 1. The van der Waals surface area contributed by atoms with E-state index in [4.69, 9.17) is 0 Å². The molecule has 3 rings (SSSR count). The second kappa shape index (κ2) is 3.62. The number of H-pyrrole nitrogens is 1. The standard InChI is InChI=1S/C14H16FN/c1-9-7-10(15)8-12-11-5-3-2-4-6-13(11)16-14(9)12/h7-8,16H,2-6H2,1H3. The van der Waals surface area contributed by atoms with Gasteiger partial charge in [-0.1, -0.05) is 6.42 Å². The third-order valence-corrected chi connectivity index (χ3v) is 3.62. The Morgan fingerprint density at radius 3 is 2.81 bits per heavy atom. The number of aromatic nitrogens is 1. The molecule has 1 nitrogen and oxygen atoms in total. The van der Waals surface area contributed by atoms with Crippen LogP contribution >= 0.6 is 0 Å². The Balaban J connectivity index is 2.29. The van der Waals surface area contributed by atoms with Gasteiger partial charge in [-0.15, -0.1) is 0 Å². The van der Waals surface area contributed by atoms with Crippen LogP contribution in [0.15, 0.2) is 12.1 Å². The molecule has 0 aliphatic heterocycles. The van der Waals surface area contributed by atoms with E-state index in [-0.39, 0.29) is 5.82 Å². The lowest BCUT2D eigenvalue weighted by Gasteiger charge is -2.00. The maximum atomic E-state index is 13.4. The maximum Gasteiger partial charge on any atom is 0.124 e. The van der Waals surface area contributed by atoms with Gasteiger partial charge < -0.3 is 4.98 Å². The molecule has 0 saturated carbocycles. The number of rotatable bonds is 0. The van der Waals surface area contributed by atoms with Gasteiger partial charge in [0.05, 0.1) is 0 Å². The summed E-state index contributed by atoms with van der Waals surface area (Å²) in [5.41, 5.74) is 4.84. The number of aryl methyl sites for hydroxylation is 3. The Morgan fingerprint density at radius 1 is 1.12 bits per heavy atom. The Bertz CT molecular complexity index is 539. The van der Waals surface area contributed by atoms with Crippen LogP contribution in [0.25, 0.3) is 10.9 Å². The zero-order valence-electron chi connectivity index (χ0n) is 9.57. The van der Waals surface area contributed by atoms with E-state index in [9.17, 15) is 4.39 Å². The summed E-state index contributed by atoms with van der Waals surface area (Å²) in [5, 5.41) is 1.11. The first kappa shape index (κ1) is 9.88. The summed E-state index contributed by atoms with van der Waals surface area (Å²) in [6, 6.07) is 3.29. The van der Waals surface area contributed by atoms with Gasteiger partial charge in [-0.2, -0.15) is 0 Å². The van der Waals surface area contributed by atoms with Crippen LogP contribution in [0.2, 0.25) is 0 Å². The first-order valence-electron chi connectivity index (χ1n) is 6.05. The number of hydrogen-bond donors (Lipinski definition) is 1. The first-order valence-corrected chi connectivity index (χ1v) is 6.05. The normalized spacial score (nSPS) is 16.1. The SMILES string of the molecule is Cc1cc(F)cc2c3c([nH]c12)CCCCC3. The number of hydrogen-bond acceptors (Lipinski definition) is 0. The molecule has 0 amide bonds. The summed E-state index contributed by atoms with van der Waals surface area (Å²) < 4.78 is 13.4. The van der Waals surface area contributed by atoms with Crippen molar-refractivity contribution >= 4 is 10.9 Å². The Hall–Kier alpha value is -1.31. The van der Waals surface area contributed by atoms with E-state index < -0.39 is 0 Å². The van der Waals surface area contributed by atoms with Crippen molar-refractivity contribution < 1.29 is 4.39 Å². The molecule has 0 radical (unpaired) electrons. The van der Waals surface area contributed by atoms with Crippen LogP contribution in [0.3, 0.4) is 0 Å². The molecule has 0 spiro atoms. The zero-order chi connectivity index (χ0) is 11.1. The third kappa shape index (κ3) is 1.44. The van der Waals surface area contributed by atoms with Gasteiger partial charge >= 0.3 is 0 Å². The predicted molar refractivity (Wildman–Crippen MR) is 64.3 cm³/mol. The minimum atomic E-state index is -0.115. The van der Waals surface area contributed by atoms with E-state index in [1.807, 2.05) is 6.92 Å². The number of benzene rings is 1. The highest BCUT2D eigenvalue weighted by Gasteiger charge is 2.15. The minimum Gasteiger partial charge on any atom is -0.358 e. The van der Waals surface area contributed by atoms with Gasteiger partial charge in [-0.05, 0) is 55.9 Å². The van der Waals surface area contributed by atoms with Crippen LogP contribution in [0.4, 0.5) is 4.39 Å². The molecule has 2 aromatic rings. The van der Waals surface area contributed by atoms with E-state index >= 15 is 0 Å². The summed E-state index contributed by atoms with van der Waals surface area (Å²) in [6.45, 7) is 1.97. The molecule has 1 heterocycles. The summed E-state index contributed by atoms with van der Waals surface area (Å²) in [5.74, 6) is -0.115. The van der Waals surface area contributed by atoms with Crippen molar-refractivity contribution in [3.8, 4) is 0 Å². The summed E-state index contributed by atoms with van der Waals surface area (Å²) >= 11 is 0. The van der Waals surface area contributed by atoms with Gasteiger partial charge in [0.15, 0.2) is 0 Å². The smallest absolute Gasteiger partial charge is 0.124 e. The Kier molecular flexibility index (Phi) is 2.23. The van der Waals surface area contributed by atoms with E-state index in [1.165, 1.54) is 30.5 Å². The lowest BCUT2D eigenvalue weighted by Crippen LogP contribution is -1.86. The highest BCUT2D eigenvalue weighted by Crippen LogP contribution is 2.30. The monoisotopic (exact) mass is 217 g/mol. The highest BCUT2D eigenvalue weighted by molar-refractivity contribution is 5.87. The van der Waals surface area contributed by atoms with Crippen LogP contribution in [0, 0.1) is 12.7 Å². The van der Waals surface area contributed by atoms with Crippen LogP contribution in [-0.2, 0) is 12.8 Å². The molecule has 1 aliphatic rings. The lowest BCUT2D eigenvalue weighted by molar-refractivity contribution is 0.628. The molecule has 0 atom stereocenters. The van der Waals surface area contributed by atoms with Crippen LogP contribution in [0.5, 0.6) is 0 Å². The molecule has 0 bridgehead atoms. The maximum absolute atomic E-state index is 13.4. The first-order chi connectivity index (χ1) is 7.75. The van der Waals surface area contributed by atoms with Crippen molar-refractivity contribution in [2.24, 2.45) is 0 Å². The van der Waals surface area contributed by atoms with E-state index in [1.54, 1.807) is 12.1 Å². The summed E-state index contributed by atoms with van der Waals surface area (Å²) in [6.07, 6.45) is 5.98. The van der Waals surface area contributed by atoms with Crippen molar-refractivity contribution in [1.29, 1.82) is 0 Å². The Labute approximate surface area is 94.7 Å². The van der Waals surface area contributed by atoms with E-state index in [2.05, 4.69) is 4.98 Å². The fraction of sp³-hybridized carbons (Fsp3) is 0.429. The molecule has 0 saturated heterocycles. The molecule has 1 N–H and O–H groups in total. The zero-order valence-corrected chi connectivity index (χ0v) is 9.57. The Morgan fingerprint density at radius 2 is 1.94 bits per heavy atom. The topological polar surface area (TPSA) is 15.8 Å². The molecule has 1 aromatic heterocycles. The van der Waals surface area contributed by atoms with Crippen molar-refractivity contribution in [1.82, 2.24) is 4.98 Å². The predicted octanol–water partition coefficient (Wildman–Crippen LogP) is 3.88. The molecule has 2 heteroatoms. The van der Waals surface area contributed by atoms with Gasteiger partial charge in [-0.25, -0.2) is 4.39 Å². The number of nitrogens with one attached hydrogen (secondary N) is 1. The molecule has 1 aromatic carbocycles. The quantitative estimate of drug-likeness (QED) is 0.644. The van der Waals surface area contributed by atoms with E-state index in [0.29, 0.717) is 0 Å². The van der Waals surface area contributed by atoms with Gasteiger partial charge in [0.2, 0.25) is 0 Å². The fourth-order valence-electron chi connectivity index (χ4n) is 2.82. The molecule has 1 aliphatic carbocycles. The largest absolute Gasteiger partial charge is 0.358 e. The number of fused-ring (bicyclic) bond motifs is 3. The third-order valence-electron chi connectivity index (χ3n) is 3.62. The van der Waals surface area contributed by atoms with Gasteiger partial charge in [0.25, 0.3) is 0 Å². The van der Waals surface area contributed by atoms with Crippen LogP contribution in [0.1, 0.15) is 36.1 Å². The second-order valence-electron chi connectivity index (χ2n) is 4.79. The lowest BCUT2D eigenvalue weighted by atomic mass is 10.0. The molecular formula is C14H16FN. The number of halogens is 1. The molecule has 84 valence electrons. The van der Waals surface area contributed by atoms with E-state index in [0.717, 1.165) is 29.3 Å². The highest BCUT2D eigenvalue weighted by atomic mass is 19.1. The molecule has 0 unspecified atom stereocenters. The van der Waals surface area contributed by atoms with Gasteiger partial charge in [-0.3, -0.25) is 0 Å². The second-order valence-corrected chi connectivity index (χ2v) is 4.79. The minimum absolute atomic E-state index is 0.115. The van der Waals surface area contributed by atoms with Crippen molar-refractivity contribution in [2.75, 3.05) is 0 Å². The molecule has 16 heavy (non-hydrogen) atoms. The van der Waals surface area contributed by atoms with Crippen molar-refractivity contribution in [3.63, 3.8) is 0 Å². The average molecular weight is 217 g/mol. The van der Waals surface area contributed by atoms with Crippen LogP contribution < -0.4 is 0 Å². The van der Waals surface area contributed by atoms with Crippen LogP contribution in [-0.4, -0.2) is 4.98 Å². The van der Waals surface area contributed by atoms with Gasteiger partial charge in [0.1, 0.15) is 5.82 Å². The van der Waals surface area contributed by atoms with Crippen molar-refractivity contribution in [3.05, 3.63) is 34.8 Å². The van der Waals surface area contributed by atoms with Crippen molar-refractivity contribution in [2.45, 2.75) is 39.0 Å². The average Bonchev–Trinajstić information content (AvgIpc) is 2.46. The van der Waals surface area contributed by atoms with Gasteiger partial charge in [0, 0.05) is 16.6 Å². The summed E-state index contributed by atoms with van der Waals surface area (Å²) in [4.78, 5) is 3.48. The molecular weight excluding hydrogens is 201 g/mol. The fourth-order valence-corrected chi connectivity index (χ4v) is 2.82.